The first-order valence-corrected chi connectivity index (χ1v) is 10.2. The highest BCUT2D eigenvalue weighted by Crippen LogP contribution is 2.33. The van der Waals surface area contributed by atoms with Gasteiger partial charge in [0.25, 0.3) is 0 Å². The number of nitrogens with zero attached hydrogens (tertiary/aromatic N) is 2. The van der Waals surface area contributed by atoms with Crippen molar-refractivity contribution in [2.45, 2.75) is 31.2 Å². The Kier molecular flexibility index (Phi) is 5.38. The lowest BCUT2D eigenvalue weighted by Crippen LogP contribution is -2.41. The number of nitrogen functional groups attached to an aromatic ring is 1. The second-order valence-electron chi connectivity index (χ2n) is 7.49. The number of sulfonamides is 1. The molecule has 0 saturated carbocycles. The molecule has 152 valence electrons. The van der Waals surface area contributed by atoms with Gasteiger partial charge in [0, 0.05) is 16.7 Å². The Balaban J connectivity index is 2.12. The van der Waals surface area contributed by atoms with Crippen LogP contribution in [0.1, 0.15) is 20.8 Å². The molecule has 1 aromatic heterocycles. The number of hydrogen-bond acceptors (Lipinski definition) is 5. The Hall–Kier alpha value is -2.91. The van der Waals surface area contributed by atoms with Crippen molar-refractivity contribution in [2.24, 2.45) is 0 Å². The normalized spacial score (nSPS) is 12.2. The minimum atomic E-state index is -4.19. The largest absolute Gasteiger partial charge is 0.382 e. The molecule has 0 spiro atoms. The van der Waals surface area contributed by atoms with Crippen LogP contribution < -0.4 is 10.5 Å². The molecule has 0 atom stereocenters. The molecule has 0 aliphatic carbocycles. The predicted molar refractivity (Wildman–Crippen MR) is 107 cm³/mol. The number of anilines is 1. The van der Waals surface area contributed by atoms with Gasteiger partial charge in [0.1, 0.15) is 22.3 Å². The summed E-state index contributed by atoms with van der Waals surface area (Å²) in [6.07, 6.45) is 2.64. The number of nitrogens with one attached hydrogen (secondary N) is 1. The van der Waals surface area contributed by atoms with Gasteiger partial charge < -0.3 is 5.73 Å². The fourth-order valence-electron chi connectivity index (χ4n) is 2.83. The standard InChI is InChI=1S/C20H20F2N4O2S/c1-20(2,3)26-29(27,28)19-13(5-4-6-15(19)21)12-7-8-14(16(22)9-12)17-10-25-18(23)11-24-17/h4-11,26H,1-3H3,(H2,23,25). The van der Waals surface area contributed by atoms with Gasteiger partial charge in [-0.2, -0.15) is 0 Å². The third-order valence-electron chi connectivity index (χ3n) is 3.90. The molecular weight excluding hydrogens is 398 g/mol. The van der Waals surface area contributed by atoms with Gasteiger partial charge in [0.2, 0.25) is 10.0 Å². The van der Waals surface area contributed by atoms with E-state index < -0.39 is 32.1 Å². The highest BCUT2D eigenvalue weighted by molar-refractivity contribution is 7.89. The molecular formula is C20H20F2N4O2S. The van der Waals surface area contributed by atoms with Crippen LogP contribution >= 0.6 is 0 Å². The van der Waals surface area contributed by atoms with Gasteiger partial charge in [0.05, 0.1) is 18.1 Å². The summed E-state index contributed by atoms with van der Waals surface area (Å²) < 4.78 is 57.3. The maximum Gasteiger partial charge on any atom is 0.244 e. The van der Waals surface area contributed by atoms with E-state index in [4.69, 9.17) is 5.73 Å². The quantitative estimate of drug-likeness (QED) is 0.673. The van der Waals surface area contributed by atoms with Gasteiger partial charge in [-0.05, 0) is 44.5 Å². The van der Waals surface area contributed by atoms with Gasteiger partial charge in [-0.3, -0.25) is 4.98 Å². The summed E-state index contributed by atoms with van der Waals surface area (Å²) in [5.74, 6) is -1.38. The number of benzene rings is 2. The number of aromatic nitrogens is 2. The highest BCUT2D eigenvalue weighted by Gasteiger charge is 2.28. The lowest BCUT2D eigenvalue weighted by Gasteiger charge is -2.22. The maximum absolute atomic E-state index is 14.8. The smallest absolute Gasteiger partial charge is 0.244 e. The number of hydrogen-bond donors (Lipinski definition) is 2. The van der Waals surface area contributed by atoms with Crippen LogP contribution in [0.4, 0.5) is 14.6 Å². The van der Waals surface area contributed by atoms with Crippen molar-refractivity contribution in [2.75, 3.05) is 5.73 Å². The van der Waals surface area contributed by atoms with Crippen molar-refractivity contribution in [3.63, 3.8) is 0 Å². The number of rotatable bonds is 4. The zero-order valence-electron chi connectivity index (χ0n) is 16.1. The monoisotopic (exact) mass is 418 g/mol. The zero-order valence-corrected chi connectivity index (χ0v) is 16.9. The summed E-state index contributed by atoms with van der Waals surface area (Å²) in [6.45, 7) is 4.94. The van der Waals surface area contributed by atoms with Crippen molar-refractivity contribution >= 4 is 15.8 Å². The third kappa shape index (κ3) is 4.57. The molecule has 29 heavy (non-hydrogen) atoms. The van der Waals surface area contributed by atoms with Crippen molar-refractivity contribution in [3.8, 4) is 22.4 Å². The molecule has 9 heteroatoms. The van der Waals surface area contributed by atoms with E-state index in [1.807, 2.05) is 0 Å². The Morgan fingerprint density at radius 2 is 1.69 bits per heavy atom. The van der Waals surface area contributed by atoms with E-state index in [-0.39, 0.29) is 28.2 Å². The number of nitrogens with two attached hydrogens (primary N) is 1. The SMILES string of the molecule is CC(C)(C)NS(=O)(=O)c1c(F)cccc1-c1ccc(-c2cnc(N)cn2)c(F)c1. The van der Waals surface area contributed by atoms with E-state index in [9.17, 15) is 17.2 Å². The Bertz CT molecular complexity index is 1160. The van der Waals surface area contributed by atoms with Crippen LogP contribution in [0.2, 0.25) is 0 Å². The molecule has 0 fully saturated rings. The molecule has 3 rings (SSSR count). The summed E-state index contributed by atoms with van der Waals surface area (Å²) in [6, 6.07) is 7.92. The molecule has 1 heterocycles. The molecule has 3 N–H and O–H groups in total. The molecule has 0 aliphatic rings. The van der Waals surface area contributed by atoms with Crippen LogP contribution in [0.25, 0.3) is 22.4 Å². The molecule has 3 aromatic rings. The van der Waals surface area contributed by atoms with Crippen LogP contribution in [0.5, 0.6) is 0 Å². The summed E-state index contributed by atoms with van der Waals surface area (Å²) in [4.78, 5) is 7.38. The van der Waals surface area contributed by atoms with Crippen molar-refractivity contribution in [1.29, 1.82) is 0 Å². The number of halogens is 2. The summed E-state index contributed by atoms with van der Waals surface area (Å²) in [5.41, 5.74) is 5.37. The Morgan fingerprint density at radius 1 is 0.966 bits per heavy atom. The molecule has 6 nitrogen and oxygen atoms in total. The van der Waals surface area contributed by atoms with Gasteiger partial charge in [0.15, 0.2) is 0 Å². The van der Waals surface area contributed by atoms with E-state index in [2.05, 4.69) is 14.7 Å². The van der Waals surface area contributed by atoms with E-state index in [0.29, 0.717) is 0 Å². The molecule has 0 radical (unpaired) electrons. The fraction of sp³-hybridized carbons (Fsp3) is 0.200. The lowest BCUT2D eigenvalue weighted by molar-refractivity contribution is 0.486. The van der Waals surface area contributed by atoms with Crippen LogP contribution in [0.3, 0.4) is 0 Å². The second kappa shape index (κ2) is 7.49. The lowest BCUT2D eigenvalue weighted by atomic mass is 10.0. The van der Waals surface area contributed by atoms with E-state index in [1.54, 1.807) is 20.8 Å². The van der Waals surface area contributed by atoms with Gasteiger partial charge in [-0.15, -0.1) is 0 Å². The van der Waals surface area contributed by atoms with E-state index >= 15 is 0 Å². The van der Waals surface area contributed by atoms with Crippen molar-refractivity contribution < 1.29 is 17.2 Å². The molecule has 2 aromatic carbocycles. The first kappa shape index (κ1) is 20.8. The fourth-order valence-corrected chi connectivity index (χ4v) is 4.54. The molecule has 0 saturated heterocycles. The molecule has 0 aliphatic heterocycles. The topological polar surface area (TPSA) is 98.0 Å². The predicted octanol–water partition coefficient (Wildman–Crippen LogP) is 3.75. The molecule has 0 bridgehead atoms. The zero-order chi connectivity index (χ0) is 21.4. The van der Waals surface area contributed by atoms with Crippen LogP contribution in [-0.2, 0) is 10.0 Å². The first-order valence-electron chi connectivity index (χ1n) is 8.68. The summed E-state index contributed by atoms with van der Waals surface area (Å²) in [5, 5.41) is 0. The van der Waals surface area contributed by atoms with Gasteiger partial charge >= 0.3 is 0 Å². The minimum Gasteiger partial charge on any atom is -0.382 e. The Labute approximate surface area is 167 Å². The summed E-state index contributed by atoms with van der Waals surface area (Å²) in [7, 11) is -4.19. The third-order valence-corrected chi connectivity index (χ3v) is 5.74. The van der Waals surface area contributed by atoms with E-state index in [1.165, 1.54) is 36.7 Å². The van der Waals surface area contributed by atoms with Crippen molar-refractivity contribution in [1.82, 2.24) is 14.7 Å². The summed E-state index contributed by atoms with van der Waals surface area (Å²) >= 11 is 0. The second-order valence-corrected chi connectivity index (χ2v) is 9.11. The van der Waals surface area contributed by atoms with Crippen LogP contribution in [-0.4, -0.2) is 23.9 Å². The average molecular weight is 418 g/mol. The van der Waals surface area contributed by atoms with Crippen molar-refractivity contribution in [3.05, 3.63) is 60.4 Å². The van der Waals surface area contributed by atoms with Crippen LogP contribution in [0.15, 0.2) is 53.7 Å². The first-order chi connectivity index (χ1) is 13.5. The minimum absolute atomic E-state index is 0.0515. The van der Waals surface area contributed by atoms with Gasteiger partial charge in [-0.25, -0.2) is 26.9 Å². The Morgan fingerprint density at radius 3 is 2.28 bits per heavy atom. The molecule has 0 unspecified atom stereocenters. The van der Waals surface area contributed by atoms with E-state index in [0.717, 1.165) is 12.1 Å². The maximum atomic E-state index is 14.8. The highest BCUT2D eigenvalue weighted by atomic mass is 32.2. The molecule has 0 amide bonds. The van der Waals surface area contributed by atoms with Crippen LogP contribution in [0, 0.1) is 11.6 Å². The van der Waals surface area contributed by atoms with Gasteiger partial charge in [-0.1, -0.05) is 18.2 Å². The average Bonchev–Trinajstić information content (AvgIpc) is 2.60.